The molecule has 0 aliphatic carbocycles. The summed E-state index contributed by atoms with van der Waals surface area (Å²) in [5.74, 6) is -1.53. The standard InChI is InChI=1S/C29H40F2N4O4S/c1-19-17-33-18-23(35(19)40(2,37)38)5-3-6-24-25(31)7-4-8-26(24)34-29(36)28(32)27(21-13-15-39-16-14-21)20-9-11-22(30)12-10-20/h4,7-12,19,21,23,27-28,33H,3,5-6,13-18,32H2,1-2H3,(H,34,36)/t19-,23+,27+,28+/m1/s1. The molecule has 8 nitrogen and oxygen atoms in total. The molecule has 4 N–H and O–H groups in total. The van der Waals surface area contributed by atoms with Crippen LogP contribution in [0.3, 0.4) is 0 Å². The Morgan fingerprint density at radius 3 is 2.52 bits per heavy atom. The topological polar surface area (TPSA) is 114 Å². The normalized spacial score (nSPS) is 22.5. The first-order valence-corrected chi connectivity index (χ1v) is 15.8. The monoisotopic (exact) mass is 578 g/mol. The van der Waals surface area contributed by atoms with Crippen LogP contribution in [-0.4, -0.2) is 69.3 Å². The second kappa shape index (κ2) is 13.5. The van der Waals surface area contributed by atoms with Crippen molar-refractivity contribution in [3.63, 3.8) is 0 Å². The molecule has 2 aromatic carbocycles. The van der Waals surface area contributed by atoms with Crippen molar-refractivity contribution < 1.29 is 26.7 Å². The van der Waals surface area contributed by atoms with E-state index in [9.17, 15) is 22.0 Å². The van der Waals surface area contributed by atoms with E-state index in [1.165, 1.54) is 30.5 Å². The van der Waals surface area contributed by atoms with Gasteiger partial charge in [-0.1, -0.05) is 18.2 Å². The molecule has 1 amide bonds. The van der Waals surface area contributed by atoms with Gasteiger partial charge in [0.05, 0.1) is 12.3 Å². The fourth-order valence-corrected chi connectivity index (χ4v) is 7.63. The van der Waals surface area contributed by atoms with Crippen molar-refractivity contribution in [2.24, 2.45) is 11.7 Å². The maximum Gasteiger partial charge on any atom is 0.241 e. The highest BCUT2D eigenvalue weighted by molar-refractivity contribution is 7.88. The zero-order valence-electron chi connectivity index (χ0n) is 23.1. The van der Waals surface area contributed by atoms with Crippen LogP contribution < -0.4 is 16.4 Å². The largest absolute Gasteiger partial charge is 0.381 e. The molecule has 11 heteroatoms. The number of anilines is 1. The van der Waals surface area contributed by atoms with Gasteiger partial charge in [0, 0.05) is 55.6 Å². The number of nitrogens with one attached hydrogen (secondary N) is 2. The van der Waals surface area contributed by atoms with Crippen molar-refractivity contribution in [1.82, 2.24) is 9.62 Å². The lowest BCUT2D eigenvalue weighted by molar-refractivity contribution is -0.118. The first-order valence-electron chi connectivity index (χ1n) is 13.9. The van der Waals surface area contributed by atoms with E-state index in [2.05, 4.69) is 10.6 Å². The Kier molecular flexibility index (Phi) is 10.3. The van der Waals surface area contributed by atoms with Gasteiger partial charge in [-0.2, -0.15) is 4.31 Å². The number of piperazine rings is 1. The van der Waals surface area contributed by atoms with Crippen molar-refractivity contribution in [2.75, 3.05) is 37.9 Å². The zero-order valence-corrected chi connectivity index (χ0v) is 23.9. The van der Waals surface area contributed by atoms with E-state index >= 15 is 0 Å². The van der Waals surface area contributed by atoms with Gasteiger partial charge in [-0.25, -0.2) is 17.2 Å². The third kappa shape index (κ3) is 7.44. The number of benzene rings is 2. The van der Waals surface area contributed by atoms with Crippen LogP contribution in [0.2, 0.25) is 0 Å². The molecule has 2 aliphatic rings. The molecule has 40 heavy (non-hydrogen) atoms. The number of nitrogens with zero attached hydrogens (tertiary/aromatic N) is 1. The van der Waals surface area contributed by atoms with Crippen molar-refractivity contribution in [1.29, 1.82) is 0 Å². The highest BCUT2D eigenvalue weighted by Crippen LogP contribution is 2.35. The molecule has 0 aromatic heterocycles. The molecular weight excluding hydrogens is 538 g/mol. The molecule has 2 fully saturated rings. The number of amides is 1. The number of carbonyl (C=O) groups is 1. The Balaban J connectivity index is 1.48. The molecule has 0 saturated carbocycles. The molecule has 2 aromatic rings. The summed E-state index contributed by atoms with van der Waals surface area (Å²) in [5.41, 5.74) is 8.04. The molecular formula is C29H40F2N4O4S. The van der Waals surface area contributed by atoms with E-state index in [0.717, 1.165) is 18.4 Å². The van der Waals surface area contributed by atoms with Gasteiger partial charge in [-0.05, 0) is 74.8 Å². The summed E-state index contributed by atoms with van der Waals surface area (Å²) in [6.45, 7) is 4.12. The molecule has 0 unspecified atom stereocenters. The number of ether oxygens (including phenoxy) is 1. The summed E-state index contributed by atoms with van der Waals surface area (Å²) in [7, 11) is -3.38. The third-order valence-electron chi connectivity index (χ3n) is 8.06. The second-order valence-corrected chi connectivity index (χ2v) is 12.8. The molecule has 2 saturated heterocycles. The number of hydrogen-bond donors (Lipinski definition) is 3. The SMILES string of the molecule is C[C@@H]1CNC[C@H](CCCc2c(F)cccc2NC(=O)[C@@H](N)[C@@H](c2ccc(F)cc2)C2CCOCC2)N1S(C)(=O)=O. The first kappa shape index (κ1) is 30.5. The minimum atomic E-state index is -3.38. The van der Waals surface area contributed by atoms with Gasteiger partial charge in [0.25, 0.3) is 0 Å². The van der Waals surface area contributed by atoms with E-state index in [-0.39, 0.29) is 29.7 Å². The highest BCUT2D eigenvalue weighted by atomic mass is 32.2. The van der Waals surface area contributed by atoms with Crippen molar-refractivity contribution in [3.8, 4) is 0 Å². The summed E-state index contributed by atoms with van der Waals surface area (Å²) < 4.78 is 60.4. The lowest BCUT2D eigenvalue weighted by Gasteiger charge is -2.39. The van der Waals surface area contributed by atoms with Crippen LogP contribution in [0.4, 0.5) is 14.5 Å². The van der Waals surface area contributed by atoms with Crippen LogP contribution in [0, 0.1) is 17.6 Å². The Morgan fingerprint density at radius 2 is 1.85 bits per heavy atom. The van der Waals surface area contributed by atoms with E-state index < -0.39 is 27.8 Å². The molecule has 0 bridgehead atoms. The van der Waals surface area contributed by atoms with Crippen LogP contribution in [0.1, 0.15) is 49.7 Å². The van der Waals surface area contributed by atoms with E-state index in [4.69, 9.17) is 10.5 Å². The third-order valence-corrected chi connectivity index (χ3v) is 9.48. The maximum absolute atomic E-state index is 15.0. The minimum absolute atomic E-state index is 0.0798. The average Bonchev–Trinajstić information content (AvgIpc) is 2.91. The number of sulfonamides is 1. The van der Waals surface area contributed by atoms with Crippen LogP contribution in [0.5, 0.6) is 0 Å². The minimum Gasteiger partial charge on any atom is -0.381 e. The number of carbonyl (C=O) groups excluding carboxylic acids is 1. The fourth-order valence-electron chi connectivity index (χ4n) is 6.18. The summed E-state index contributed by atoms with van der Waals surface area (Å²) in [6, 6.07) is 9.26. The lowest BCUT2D eigenvalue weighted by Crippen LogP contribution is -2.57. The first-order chi connectivity index (χ1) is 19.1. The van der Waals surface area contributed by atoms with E-state index in [1.54, 1.807) is 22.5 Å². The van der Waals surface area contributed by atoms with Gasteiger partial charge in [0.2, 0.25) is 15.9 Å². The van der Waals surface area contributed by atoms with Gasteiger partial charge in [0.1, 0.15) is 11.6 Å². The summed E-state index contributed by atoms with van der Waals surface area (Å²) in [4.78, 5) is 13.5. The summed E-state index contributed by atoms with van der Waals surface area (Å²) in [6.07, 6.45) is 4.07. The summed E-state index contributed by atoms with van der Waals surface area (Å²) >= 11 is 0. The number of rotatable bonds is 10. The quantitative estimate of drug-likeness (QED) is 0.399. The van der Waals surface area contributed by atoms with Crippen LogP contribution in [-0.2, 0) is 26.0 Å². The summed E-state index contributed by atoms with van der Waals surface area (Å²) in [5, 5.41) is 6.12. The Labute approximate surface area is 235 Å². The molecule has 220 valence electrons. The van der Waals surface area contributed by atoms with Crippen LogP contribution in [0.25, 0.3) is 0 Å². The Morgan fingerprint density at radius 1 is 1.15 bits per heavy atom. The number of nitrogens with two attached hydrogens (primary N) is 1. The van der Waals surface area contributed by atoms with Gasteiger partial charge in [-0.3, -0.25) is 4.79 Å². The van der Waals surface area contributed by atoms with Gasteiger partial charge >= 0.3 is 0 Å². The second-order valence-electron chi connectivity index (χ2n) is 11.0. The smallest absolute Gasteiger partial charge is 0.241 e. The molecule has 2 aliphatic heterocycles. The number of halogens is 2. The molecule has 0 radical (unpaired) electrons. The van der Waals surface area contributed by atoms with Crippen LogP contribution in [0.15, 0.2) is 42.5 Å². The fraction of sp³-hybridized carbons (Fsp3) is 0.552. The lowest BCUT2D eigenvalue weighted by atomic mass is 9.76. The Hall–Kier alpha value is -2.44. The van der Waals surface area contributed by atoms with Crippen molar-refractivity contribution >= 4 is 21.6 Å². The van der Waals surface area contributed by atoms with Crippen molar-refractivity contribution in [2.45, 2.75) is 63.1 Å². The maximum atomic E-state index is 15.0. The van der Waals surface area contributed by atoms with Gasteiger partial charge in [0.15, 0.2) is 0 Å². The highest BCUT2D eigenvalue weighted by Gasteiger charge is 2.35. The molecule has 4 atom stereocenters. The van der Waals surface area contributed by atoms with E-state index in [0.29, 0.717) is 56.8 Å². The molecule has 2 heterocycles. The number of hydrogen-bond acceptors (Lipinski definition) is 6. The van der Waals surface area contributed by atoms with E-state index in [1.807, 2.05) is 6.92 Å². The Bertz CT molecular complexity index is 1260. The zero-order chi connectivity index (χ0) is 28.9. The molecule has 4 rings (SSSR count). The van der Waals surface area contributed by atoms with Crippen molar-refractivity contribution in [3.05, 3.63) is 65.2 Å². The van der Waals surface area contributed by atoms with Gasteiger partial charge in [-0.15, -0.1) is 0 Å². The van der Waals surface area contributed by atoms with Crippen LogP contribution >= 0.6 is 0 Å². The predicted molar refractivity (Wildman–Crippen MR) is 151 cm³/mol. The average molecular weight is 579 g/mol. The van der Waals surface area contributed by atoms with Gasteiger partial charge < -0.3 is 21.1 Å². The predicted octanol–water partition coefficient (Wildman–Crippen LogP) is 3.39. The molecule has 0 spiro atoms.